The SMILES string of the molecule is CCCC1(N2CCCC2)C(N2CCNCC2)N(C2CCCCC2)N(C2CCCC2)C1(C1CCC1)N1CCCCC1. The van der Waals surface area contributed by atoms with Gasteiger partial charge in [-0.2, -0.15) is 0 Å². The summed E-state index contributed by atoms with van der Waals surface area (Å²) in [6.07, 6.45) is 27.7. The lowest BCUT2D eigenvalue weighted by Gasteiger charge is -2.65. The predicted molar refractivity (Wildman–Crippen MR) is 165 cm³/mol. The van der Waals surface area contributed by atoms with E-state index in [4.69, 9.17) is 0 Å². The highest BCUT2D eigenvalue weighted by molar-refractivity contribution is 5.26. The molecule has 1 N–H and O–H groups in total. The van der Waals surface area contributed by atoms with Gasteiger partial charge in [0.2, 0.25) is 0 Å². The molecule has 4 aliphatic heterocycles. The van der Waals surface area contributed by atoms with Crippen molar-refractivity contribution in [2.75, 3.05) is 52.4 Å². The van der Waals surface area contributed by atoms with E-state index >= 15 is 0 Å². The molecule has 7 fully saturated rings. The first kappa shape index (κ1) is 28.5. The fraction of sp³-hybridized carbons (Fsp3) is 1.00. The Hall–Kier alpha value is -0.240. The van der Waals surface area contributed by atoms with Crippen LogP contribution in [-0.4, -0.2) is 107 Å². The van der Waals surface area contributed by atoms with Crippen LogP contribution >= 0.6 is 0 Å². The van der Waals surface area contributed by atoms with Crippen LogP contribution in [0.15, 0.2) is 0 Å². The fourth-order valence-corrected chi connectivity index (χ4v) is 11.3. The maximum Gasteiger partial charge on any atom is 0.112 e. The van der Waals surface area contributed by atoms with E-state index in [0.29, 0.717) is 6.17 Å². The molecule has 7 aliphatic rings. The minimum absolute atomic E-state index is 0.175. The Labute approximate surface area is 246 Å². The standard InChI is InChI=1S/C34H62N6/c1-2-20-33(37-23-11-12-24-37)32(36-27-21-35-22-28-36)39(30-16-5-3-6-17-30)40(31-18-7-8-19-31)34(33,29-14-13-15-29)38-25-9-4-10-26-38/h29-32,35H,2-28H2,1H3. The van der Waals surface area contributed by atoms with Gasteiger partial charge in [-0.05, 0) is 89.6 Å². The number of nitrogens with one attached hydrogen (secondary N) is 1. The van der Waals surface area contributed by atoms with Crippen LogP contribution in [0.4, 0.5) is 0 Å². The van der Waals surface area contributed by atoms with Crippen LogP contribution < -0.4 is 5.32 Å². The van der Waals surface area contributed by atoms with Gasteiger partial charge in [-0.15, -0.1) is 0 Å². The van der Waals surface area contributed by atoms with E-state index in [1.165, 1.54) is 174 Å². The number of piperidine rings is 1. The number of nitrogens with zero attached hydrogens (tertiary/aromatic N) is 5. The molecule has 7 rings (SSSR count). The Morgan fingerprint density at radius 3 is 1.80 bits per heavy atom. The van der Waals surface area contributed by atoms with Gasteiger partial charge in [-0.1, -0.05) is 58.3 Å². The van der Waals surface area contributed by atoms with Gasteiger partial charge in [0, 0.05) is 51.4 Å². The molecule has 3 saturated carbocycles. The largest absolute Gasteiger partial charge is 0.314 e. The third-order valence-electron chi connectivity index (χ3n) is 12.8. The van der Waals surface area contributed by atoms with Crippen molar-refractivity contribution in [1.82, 2.24) is 30.0 Å². The quantitative estimate of drug-likeness (QED) is 0.417. The summed E-state index contributed by atoms with van der Waals surface area (Å²) in [6.45, 7) is 12.7. The van der Waals surface area contributed by atoms with Crippen molar-refractivity contribution in [2.24, 2.45) is 5.92 Å². The Balaban J connectivity index is 1.49. The van der Waals surface area contributed by atoms with Gasteiger partial charge in [-0.3, -0.25) is 14.7 Å². The van der Waals surface area contributed by atoms with Crippen molar-refractivity contribution < 1.29 is 0 Å². The molecule has 0 radical (unpaired) electrons. The zero-order valence-electron chi connectivity index (χ0n) is 26.1. The van der Waals surface area contributed by atoms with Crippen LogP contribution in [0.5, 0.6) is 0 Å². The van der Waals surface area contributed by atoms with Gasteiger partial charge in [0.25, 0.3) is 0 Å². The Morgan fingerprint density at radius 2 is 1.18 bits per heavy atom. The lowest BCUT2D eigenvalue weighted by Crippen LogP contribution is -2.80. The molecule has 6 heteroatoms. The van der Waals surface area contributed by atoms with Crippen molar-refractivity contribution in [3.05, 3.63) is 0 Å². The smallest absolute Gasteiger partial charge is 0.112 e. The fourth-order valence-electron chi connectivity index (χ4n) is 11.3. The van der Waals surface area contributed by atoms with E-state index in [1.54, 1.807) is 0 Å². The van der Waals surface area contributed by atoms with E-state index in [1.807, 2.05) is 0 Å². The number of rotatable bonds is 8. The normalized spacial score (nSPS) is 39.4. The number of hydrazine groups is 1. The molecule has 3 unspecified atom stereocenters. The van der Waals surface area contributed by atoms with Gasteiger partial charge in [-0.25, -0.2) is 10.0 Å². The molecule has 4 saturated heterocycles. The van der Waals surface area contributed by atoms with Crippen LogP contribution in [-0.2, 0) is 0 Å². The van der Waals surface area contributed by atoms with E-state index in [-0.39, 0.29) is 11.2 Å². The summed E-state index contributed by atoms with van der Waals surface area (Å²) in [5.74, 6) is 0.831. The number of likely N-dealkylation sites (tertiary alicyclic amines) is 2. The van der Waals surface area contributed by atoms with Crippen molar-refractivity contribution in [1.29, 1.82) is 0 Å². The van der Waals surface area contributed by atoms with Crippen LogP contribution in [0.1, 0.15) is 129 Å². The molecule has 40 heavy (non-hydrogen) atoms. The second-order valence-corrected chi connectivity index (χ2v) is 14.9. The van der Waals surface area contributed by atoms with Crippen LogP contribution in [0.3, 0.4) is 0 Å². The molecule has 3 atom stereocenters. The topological polar surface area (TPSA) is 28.2 Å². The summed E-state index contributed by atoms with van der Waals surface area (Å²) in [7, 11) is 0. The molecule has 0 bridgehead atoms. The molecule has 3 aliphatic carbocycles. The summed E-state index contributed by atoms with van der Waals surface area (Å²) < 4.78 is 0. The van der Waals surface area contributed by atoms with Crippen LogP contribution in [0.25, 0.3) is 0 Å². The summed E-state index contributed by atoms with van der Waals surface area (Å²) >= 11 is 0. The lowest BCUT2D eigenvalue weighted by molar-refractivity contribution is -0.235. The third kappa shape index (κ3) is 4.48. The van der Waals surface area contributed by atoms with E-state index in [0.717, 1.165) is 18.0 Å². The average Bonchev–Trinajstić information content (AvgIpc) is 3.75. The Bertz CT molecular complexity index is 803. The Morgan fingerprint density at radius 1 is 0.600 bits per heavy atom. The molecule has 228 valence electrons. The minimum atomic E-state index is 0.175. The monoisotopic (exact) mass is 555 g/mol. The first-order chi connectivity index (χ1) is 19.8. The summed E-state index contributed by atoms with van der Waals surface area (Å²) in [6, 6.07) is 1.48. The van der Waals surface area contributed by atoms with E-state index in [2.05, 4.69) is 37.0 Å². The minimum Gasteiger partial charge on any atom is -0.314 e. The van der Waals surface area contributed by atoms with Gasteiger partial charge >= 0.3 is 0 Å². The molecule has 0 aromatic heterocycles. The van der Waals surface area contributed by atoms with E-state index < -0.39 is 0 Å². The van der Waals surface area contributed by atoms with E-state index in [9.17, 15) is 0 Å². The molecule has 0 spiro atoms. The zero-order valence-corrected chi connectivity index (χ0v) is 26.1. The van der Waals surface area contributed by atoms with Crippen molar-refractivity contribution in [3.8, 4) is 0 Å². The lowest BCUT2D eigenvalue weighted by atomic mass is 9.62. The average molecular weight is 555 g/mol. The molecule has 4 heterocycles. The van der Waals surface area contributed by atoms with Gasteiger partial charge in [0.15, 0.2) is 0 Å². The summed E-state index contributed by atoms with van der Waals surface area (Å²) in [5, 5.41) is 10.3. The number of hydrogen-bond donors (Lipinski definition) is 1. The van der Waals surface area contributed by atoms with Crippen molar-refractivity contribution in [3.63, 3.8) is 0 Å². The molecular weight excluding hydrogens is 492 g/mol. The highest BCUT2D eigenvalue weighted by Crippen LogP contribution is 2.62. The van der Waals surface area contributed by atoms with Gasteiger partial charge in [0.1, 0.15) is 5.66 Å². The zero-order chi connectivity index (χ0) is 27.0. The highest BCUT2D eigenvalue weighted by atomic mass is 15.8. The van der Waals surface area contributed by atoms with Crippen LogP contribution in [0, 0.1) is 5.92 Å². The predicted octanol–water partition coefficient (Wildman–Crippen LogP) is 5.64. The molecule has 0 aromatic carbocycles. The summed E-state index contributed by atoms with van der Waals surface area (Å²) in [5.41, 5.74) is 0.381. The molecule has 0 aromatic rings. The second-order valence-electron chi connectivity index (χ2n) is 14.9. The molecule has 6 nitrogen and oxygen atoms in total. The molecular formula is C34H62N6. The van der Waals surface area contributed by atoms with Gasteiger partial charge < -0.3 is 5.32 Å². The maximum atomic E-state index is 3.76. The van der Waals surface area contributed by atoms with Crippen molar-refractivity contribution in [2.45, 2.75) is 158 Å². The van der Waals surface area contributed by atoms with Crippen LogP contribution in [0.2, 0.25) is 0 Å². The highest BCUT2D eigenvalue weighted by Gasteiger charge is 2.76. The third-order valence-corrected chi connectivity index (χ3v) is 12.8. The number of piperazine rings is 1. The summed E-state index contributed by atoms with van der Waals surface area (Å²) in [4.78, 5) is 9.46. The first-order valence-electron chi connectivity index (χ1n) is 18.3. The Kier molecular flexibility index (Phi) is 8.84. The second kappa shape index (κ2) is 12.4. The van der Waals surface area contributed by atoms with Gasteiger partial charge in [0.05, 0.1) is 11.7 Å². The number of hydrogen-bond acceptors (Lipinski definition) is 6. The first-order valence-corrected chi connectivity index (χ1v) is 18.3. The molecule has 0 amide bonds. The van der Waals surface area contributed by atoms with Crippen molar-refractivity contribution >= 4 is 0 Å². The maximum absolute atomic E-state index is 3.76.